The molecule has 0 spiro atoms. The smallest absolute Gasteiger partial charge is 0.237 e. The third-order valence-corrected chi connectivity index (χ3v) is 6.27. The van der Waals surface area contributed by atoms with Crippen LogP contribution < -0.4 is 5.32 Å². The number of carbonyl (C=O) groups is 2. The van der Waals surface area contributed by atoms with Crippen molar-refractivity contribution in [1.29, 1.82) is 0 Å². The molecule has 2 unspecified atom stereocenters. The van der Waals surface area contributed by atoms with Crippen LogP contribution in [0.15, 0.2) is 30.3 Å². The van der Waals surface area contributed by atoms with Crippen LogP contribution in [-0.2, 0) is 9.59 Å². The molecule has 0 saturated carbocycles. The van der Waals surface area contributed by atoms with Gasteiger partial charge in [0.2, 0.25) is 5.91 Å². The predicted octanol–water partition coefficient (Wildman–Crippen LogP) is 2.20. The third kappa shape index (κ3) is 6.14. The van der Waals surface area contributed by atoms with E-state index in [2.05, 4.69) is 22.0 Å². The predicted molar refractivity (Wildman–Crippen MR) is 119 cm³/mol. The van der Waals surface area contributed by atoms with Gasteiger partial charge in [-0.3, -0.25) is 19.4 Å². The quantitative estimate of drug-likeness (QED) is 0.645. The summed E-state index contributed by atoms with van der Waals surface area (Å²) < 4.78 is 0. The molecule has 2 fully saturated rings. The van der Waals surface area contributed by atoms with E-state index in [1.807, 2.05) is 25.1 Å². The number of rotatable bonds is 7. The van der Waals surface area contributed by atoms with Gasteiger partial charge in [-0.05, 0) is 49.5 Å². The molecule has 2 aliphatic heterocycles. The van der Waals surface area contributed by atoms with Gasteiger partial charge in [-0.25, -0.2) is 0 Å². The third-order valence-electron chi connectivity index (χ3n) is 6.04. The molecular weight excluding hydrogens is 402 g/mol. The Labute approximate surface area is 183 Å². The number of nitrogens with zero attached hydrogens (tertiary/aromatic N) is 2. The van der Waals surface area contributed by atoms with Gasteiger partial charge in [0.25, 0.3) is 0 Å². The first kappa shape index (κ1) is 22.9. The van der Waals surface area contributed by atoms with Crippen molar-refractivity contribution >= 4 is 29.4 Å². The van der Waals surface area contributed by atoms with E-state index in [0.29, 0.717) is 37.0 Å². The van der Waals surface area contributed by atoms with E-state index in [-0.39, 0.29) is 23.8 Å². The molecular formula is C23H32ClN3O3. The second-order valence-corrected chi connectivity index (χ2v) is 8.98. The van der Waals surface area contributed by atoms with Crippen molar-refractivity contribution in [3.8, 4) is 0 Å². The number of hydrogen-bond acceptors (Lipinski definition) is 5. The summed E-state index contributed by atoms with van der Waals surface area (Å²) in [6.07, 6.45) is 4.38. The van der Waals surface area contributed by atoms with Crippen LogP contribution in [-0.4, -0.2) is 77.5 Å². The van der Waals surface area contributed by atoms with E-state index >= 15 is 0 Å². The molecule has 0 aromatic heterocycles. The molecule has 1 amide bonds. The zero-order valence-electron chi connectivity index (χ0n) is 17.8. The molecule has 6 nitrogen and oxygen atoms in total. The van der Waals surface area contributed by atoms with E-state index in [1.165, 1.54) is 0 Å². The van der Waals surface area contributed by atoms with Gasteiger partial charge in [-0.15, -0.1) is 0 Å². The van der Waals surface area contributed by atoms with Crippen LogP contribution in [0.1, 0.15) is 32.3 Å². The lowest BCUT2D eigenvalue weighted by atomic mass is 9.94. The number of aliphatic hydroxyl groups excluding tert-OH is 1. The standard InChI is InChI=1S/C23H32ClN3O3/c1-16-12-20(28)15-27(14-16)21(8-10-26-11-9-25-23(30)17(26)2)22(29)7-6-18-4-3-5-19(24)13-18/h3-7,13,16-17,20-21,28H,8-12,14-15H2,1-2H3,(H,25,30)/b7-6+/t16-,17?,20-,21?/m0/s1. The molecule has 0 radical (unpaired) electrons. The van der Waals surface area contributed by atoms with Crippen molar-refractivity contribution in [1.82, 2.24) is 15.1 Å². The maximum absolute atomic E-state index is 13.2. The molecule has 1 aromatic carbocycles. The zero-order valence-corrected chi connectivity index (χ0v) is 18.5. The highest BCUT2D eigenvalue weighted by atomic mass is 35.5. The van der Waals surface area contributed by atoms with E-state index in [0.717, 1.165) is 25.1 Å². The average molecular weight is 434 g/mol. The minimum atomic E-state index is -0.416. The Morgan fingerprint density at radius 1 is 1.37 bits per heavy atom. The minimum absolute atomic E-state index is 0.0189. The van der Waals surface area contributed by atoms with Crippen LogP contribution in [0.5, 0.6) is 0 Å². The summed E-state index contributed by atoms with van der Waals surface area (Å²) >= 11 is 6.04. The Morgan fingerprint density at radius 3 is 2.90 bits per heavy atom. The van der Waals surface area contributed by atoms with Crippen LogP contribution in [0.25, 0.3) is 6.08 Å². The van der Waals surface area contributed by atoms with Crippen LogP contribution in [0, 0.1) is 5.92 Å². The summed E-state index contributed by atoms with van der Waals surface area (Å²) in [4.78, 5) is 29.4. The number of aliphatic hydroxyl groups is 1. The van der Waals surface area contributed by atoms with Crippen molar-refractivity contribution in [3.63, 3.8) is 0 Å². The Morgan fingerprint density at radius 2 is 2.17 bits per heavy atom. The summed E-state index contributed by atoms with van der Waals surface area (Å²) in [6.45, 7) is 7.38. The second-order valence-electron chi connectivity index (χ2n) is 8.55. The lowest BCUT2D eigenvalue weighted by Crippen LogP contribution is -2.56. The molecule has 3 rings (SSSR count). The maximum atomic E-state index is 13.2. The first-order valence-corrected chi connectivity index (χ1v) is 11.1. The van der Waals surface area contributed by atoms with Crippen molar-refractivity contribution in [2.75, 3.05) is 32.7 Å². The highest BCUT2D eigenvalue weighted by Gasteiger charge is 2.33. The first-order chi connectivity index (χ1) is 14.3. The van der Waals surface area contributed by atoms with Crippen LogP contribution in [0.4, 0.5) is 0 Å². The summed E-state index contributed by atoms with van der Waals surface area (Å²) in [6, 6.07) is 6.87. The Kier molecular flexibility index (Phi) is 8.06. The molecule has 7 heteroatoms. The summed E-state index contributed by atoms with van der Waals surface area (Å²) in [5, 5.41) is 13.8. The number of ketones is 1. The molecule has 2 saturated heterocycles. The van der Waals surface area contributed by atoms with Crippen molar-refractivity contribution in [2.24, 2.45) is 5.92 Å². The van der Waals surface area contributed by atoms with Gasteiger partial charge in [0.15, 0.2) is 5.78 Å². The van der Waals surface area contributed by atoms with Crippen LogP contribution in [0.3, 0.4) is 0 Å². The number of likely N-dealkylation sites (tertiary alicyclic amines) is 1. The molecule has 0 bridgehead atoms. The molecule has 2 N–H and O–H groups in total. The monoisotopic (exact) mass is 433 g/mol. The van der Waals surface area contributed by atoms with Crippen LogP contribution in [0.2, 0.25) is 5.02 Å². The van der Waals surface area contributed by atoms with E-state index in [1.54, 1.807) is 18.2 Å². The number of hydrogen-bond donors (Lipinski definition) is 2. The number of β-amino-alcohol motifs (C(OH)–C–C–N with tert-alkyl or cyclic N) is 1. The lowest BCUT2D eigenvalue weighted by molar-refractivity contribution is -0.128. The van der Waals surface area contributed by atoms with E-state index < -0.39 is 6.10 Å². The zero-order chi connectivity index (χ0) is 21.7. The molecule has 0 aliphatic carbocycles. The topological polar surface area (TPSA) is 72.9 Å². The fraction of sp³-hybridized carbons (Fsp3) is 0.565. The summed E-state index contributed by atoms with van der Waals surface area (Å²) in [7, 11) is 0. The summed E-state index contributed by atoms with van der Waals surface area (Å²) in [5.74, 6) is 0.387. The number of piperidine rings is 1. The van der Waals surface area contributed by atoms with Gasteiger partial charge in [0, 0.05) is 37.7 Å². The number of carbonyl (C=O) groups excluding carboxylic acids is 2. The number of piperazine rings is 1. The largest absolute Gasteiger partial charge is 0.392 e. The molecule has 1 aromatic rings. The van der Waals surface area contributed by atoms with Gasteiger partial charge in [-0.2, -0.15) is 0 Å². The number of nitrogens with one attached hydrogen (secondary N) is 1. The number of benzene rings is 1. The Bertz CT molecular complexity index is 775. The Balaban J connectivity index is 1.72. The fourth-order valence-corrected chi connectivity index (χ4v) is 4.64. The Hall–Kier alpha value is -1.73. The molecule has 4 atom stereocenters. The van der Waals surface area contributed by atoms with Gasteiger partial charge < -0.3 is 10.4 Å². The first-order valence-electron chi connectivity index (χ1n) is 10.7. The average Bonchev–Trinajstić information content (AvgIpc) is 2.69. The number of halogens is 1. The molecule has 2 aliphatic rings. The second kappa shape index (κ2) is 10.5. The molecule has 30 heavy (non-hydrogen) atoms. The van der Waals surface area contributed by atoms with Crippen LogP contribution >= 0.6 is 11.6 Å². The molecule has 164 valence electrons. The van der Waals surface area contributed by atoms with Gasteiger partial charge in [-0.1, -0.05) is 36.7 Å². The van der Waals surface area contributed by atoms with Gasteiger partial charge >= 0.3 is 0 Å². The van der Waals surface area contributed by atoms with E-state index in [4.69, 9.17) is 11.6 Å². The normalized spacial score (nSPS) is 27.2. The lowest BCUT2D eigenvalue weighted by Gasteiger charge is -2.40. The van der Waals surface area contributed by atoms with Gasteiger partial charge in [0.1, 0.15) is 0 Å². The highest BCUT2D eigenvalue weighted by Crippen LogP contribution is 2.22. The summed E-state index contributed by atoms with van der Waals surface area (Å²) in [5.41, 5.74) is 0.878. The van der Waals surface area contributed by atoms with E-state index in [9.17, 15) is 14.7 Å². The van der Waals surface area contributed by atoms with Crippen molar-refractivity contribution in [2.45, 2.75) is 44.9 Å². The minimum Gasteiger partial charge on any atom is -0.392 e. The maximum Gasteiger partial charge on any atom is 0.237 e. The van der Waals surface area contributed by atoms with Crippen molar-refractivity contribution in [3.05, 3.63) is 40.9 Å². The fourth-order valence-electron chi connectivity index (χ4n) is 4.44. The molecule has 2 heterocycles. The SMILES string of the molecule is CC1C(=O)NCCN1CCC(C(=O)/C=C/c1cccc(Cl)c1)N1C[C@@H](C)C[C@H](O)C1. The van der Waals surface area contributed by atoms with Crippen molar-refractivity contribution < 1.29 is 14.7 Å². The highest BCUT2D eigenvalue weighted by molar-refractivity contribution is 6.30. The van der Waals surface area contributed by atoms with Gasteiger partial charge in [0.05, 0.1) is 18.2 Å². The number of amides is 1.